The van der Waals surface area contributed by atoms with E-state index >= 15 is 0 Å². The van der Waals surface area contributed by atoms with Crippen LogP contribution < -0.4 is 20.1 Å². The third kappa shape index (κ3) is 5.67. The van der Waals surface area contributed by atoms with Crippen LogP contribution in [0.25, 0.3) is 0 Å². The summed E-state index contributed by atoms with van der Waals surface area (Å²) in [6.07, 6.45) is 0. The molecule has 2 amide bonds. The zero-order valence-electron chi connectivity index (χ0n) is 14.6. The van der Waals surface area contributed by atoms with E-state index in [-0.39, 0.29) is 11.8 Å². The van der Waals surface area contributed by atoms with Crippen LogP contribution in [-0.2, 0) is 5.54 Å². The van der Waals surface area contributed by atoms with E-state index < -0.39 is 5.54 Å². The van der Waals surface area contributed by atoms with Crippen LogP contribution in [-0.4, -0.2) is 26.3 Å². The molecule has 0 atom stereocenters. The van der Waals surface area contributed by atoms with Gasteiger partial charge in [-0.25, -0.2) is 9.18 Å². The molecule has 0 spiro atoms. The molecule has 0 bridgehead atoms. The summed E-state index contributed by atoms with van der Waals surface area (Å²) < 4.78 is 23.6. The summed E-state index contributed by atoms with van der Waals surface area (Å²) in [5, 5.41) is 5.60. The fourth-order valence-electron chi connectivity index (χ4n) is 2.27. The number of nitrogens with one attached hydrogen (secondary N) is 2. The molecule has 0 heterocycles. The van der Waals surface area contributed by atoms with Gasteiger partial charge in [0.15, 0.2) is 0 Å². The first kappa shape index (κ1) is 18.6. The molecule has 5 nitrogen and oxygen atoms in total. The quantitative estimate of drug-likeness (QED) is 0.755. The maximum absolute atomic E-state index is 13.0. The van der Waals surface area contributed by atoms with E-state index in [4.69, 9.17) is 9.47 Å². The predicted octanol–water partition coefficient (Wildman–Crippen LogP) is 3.45. The number of ether oxygens (including phenoxy) is 2. The molecular weight excluding hydrogens is 323 g/mol. The lowest BCUT2D eigenvalue weighted by molar-refractivity contribution is 0.226. The molecule has 2 aromatic carbocycles. The molecule has 0 saturated heterocycles. The molecule has 0 unspecified atom stereocenters. The van der Waals surface area contributed by atoms with Gasteiger partial charge in [-0.05, 0) is 55.8 Å². The van der Waals surface area contributed by atoms with Gasteiger partial charge < -0.3 is 20.1 Å². The monoisotopic (exact) mass is 346 g/mol. The fraction of sp³-hybridized carbons (Fsp3) is 0.316. The lowest BCUT2D eigenvalue weighted by Crippen LogP contribution is -2.47. The fourth-order valence-corrected chi connectivity index (χ4v) is 2.27. The average Bonchev–Trinajstić information content (AvgIpc) is 2.59. The first-order valence-corrected chi connectivity index (χ1v) is 7.99. The highest BCUT2D eigenvalue weighted by atomic mass is 19.1. The highest BCUT2D eigenvalue weighted by Crippen LogP contribution is 2.20. The summed E-state index contributed by atoms with van der Waals surface area (Å²) in [6, 6.07) is 13.0. The normalized spacial score (nSPS) is 10.9. The van der Waals surface area contributed by atoms with Gasteiger partial charge in [0, 0.05) is 0 Å². The van der Waals surface area contributed by atoms with Gasteiger partial charge in [-0.1, -0.05) is 12.1 Å². The third-order valence-corrected chi connectivity index (χ3v) is 3.71. The molecule has 25 heavy (non-hydrogen) atoms. The standard InChI is InChI=1S/C19H23FN2O3/c1-19(2,14-4-6-15(20)7-5-14)22-18(23)21-12-13-25-17-10-8-16(24-3)9-11-17/h4-11H,12-13H2,1-3H3,(H2,21,22,23). The summed E-state index contributed by atoms with van der Waals surface area (Å²) in [5.74, 6) is 1.15. The maximum Gasteiger partial charge on any atom is 0.315 e. The summed E-state index contributed by atoms with van der Waals surface area (Å²) in [7, 11) is 1.60. The van der Waals surface area contributed by atoms with E-state index in [1.807, 2.05) is 13.8 Å². The number of amides is 2. The molecule has 0 saturated carbocycles. The minimum absolute atomic E-state index is 0.306. The van der Waals surface area contributed by atoms with Gasteiger partial charge in [-0.3, -0.25) is 0 Å². The Morgan fingerprint density at radius 3 is 2.24 bits per heavy atom. The highest BCUT2D eigenvalue weighted by Gasteiger charge is 2.22. The molecule has 0 aliphatic heterocycles. The van der Waals surface area contributed by atoms with Crippen LogP contribution in [0.5, 0.6) is 11.5 Å². The van der Waals surface area contributed by atoms with Crippen molar-refractivity contribution in [2.45, 2.75) is 19.4 Å². The highest BCUT2D eigenvalue weighted by molar-refractivity contribution is 5.74. The number of urea groups is 1. The molecule has 134 valence electrons. The van der Waals surface area contributed by atoms with Crippen LogP contribution in [0.2, 0.25) is 0 Å². The number of hydrogen-bond acceptors (Lipinski definition) is 3. The Labute approximate surface area is 147 Å². The third-order valence-electron chi connectivity index (χ3n) is 3.71. The lowest BCUT2D eigenvalue weighted by atomic mass is 9.94. The van der Waals surface area contributed by atoms with Crippen molar-refractivity contribution in [2.24, 2.45) is 0 Å². The Bertz CT molecular complexity index is 685. The first-order valence-electron chi connectivity index (χ1n) is 7.99. The molecule has 2 aromatic rings. The van der Waals surface area contributed by atoms with E-state index in [9.17, 15) is 9.18 Å². The van der Waals surface area contributed by atoms with Gasteiger partial charge in [0.05, 0.1) is 19.2 Å². The second-order valence-electron chi connectivity index (χ2n) is 6.04. The Balaban J connectivity index is 1.75. The second-order valence-corrected chi connectivity index (χ2v) is 6.04. The van der Waals surface area contributed by atoms with Gasteiger partial charge in [0.1, 0.15) is 23.9 Å². The van der Waals surface area contributed by atoms with E-state index in [2.05, 4.69) is 10.6 Å². The maximum atomic E-state index is 13.0. The van der Waals surface area contributed by atoms with E-state index in [0.29, 0.717) is 18.9 Å². The number of methoxy groups -OCH3 is 1. The van der Waals surface area contributed by atoms with Gasteiger partial charge >= 0.3 is 6.03 Å². The van der Waals surface area contributed by atoms with Gasteiger partial charge in [-0.15, -0.1) is 0 Å². The summed E-state index contributed by atoms with van der Waals surface area (Å²) in [6.45, 7) is 4.41. The van der Waals surface area contributed by atoms with Gasteiger partial charge in [-0.2, -0.15) is 0 Å². The van der Waals surface area contributed by atoms with Crippen LogP contribution in [0.3, 0.4) is 0 Å². The van der Waals surface area contributed by atoms with Crippen LogP contribution >= 0.6 is 0 Å². The van der Waals surface area contributed by atoms with Crippen molar-refractivity contribution >= 4 is 6.03 Å². The van der Waals surface area contributed by atoms with E-state index in [0.717, 1.165) is 11.3 Å². The predicted molar refractivity (Wildman–Crippen MR) is 94.4 cm³/mol. The van der Waals surface area contributed by atoms with E-state index in [1.165, 1.54) is 12.1 Å². The Morgan fingerprint density at radius 2 is 1.64 bits per heavy atom. The molecule has 6 heteroatoms. The van der Waals surface area contributed by atoms with E-state index in [1.54, 1.807) is 43.5 Å². The van der Waals surface area contributed by atoms with Gasteiger partial charge in [0.2, 0.25) is 0 Å². The molecule has 0 fully saturated rings. The molecule has 0 radical (unpaired) electrons. The molecule has 2 N–H and O–H groups in total. The van der Waals surface area contributed by atoms with Crippen molar-refractivity contribution < 1.29 is 18.7 Å². The number of carbonyl (C=O) groups excluding carboxylic acids is 1. The molecule has 0 aromatic heterocycles. The average molecular weight is 346 g/mol. The Kier molecular flexibility index (Phi) is 6.22. The number of halogens is 1. The summed E-state index contributed by atoms with van der Waals surface area (Å²) in [5.41, 5.74) is 0.202. The SMILES string of the molecule is COc1ccc(OCCNC(=O)NC(C)(C)c2ccc(F)cc2)cc1. The van der Waals surface area contributed by atoms with Gasteiger partial charge in [0.25, 0.3) is 0 Å². The molecule has 0 aliphatic carbocycles. The zero-order chi connectivity index (χ0) is 18.3. The lowest BCUT2D eigenvalue weighted by Gasteiger charge is -2.27. The topological polar surface area (TPSA) is 59.6 Å². The minimum atomic E-state index is -0.616. The first-order chi connectivity index (χ1) is 11.9. The molecule has 0 aliphatic rings. The summed E-state index contributed by atoms with van der Waals surface area (Å²) in [4.78, 5) is 12.0. The number of hydrogen-bond donors (Lipinski definition) is 2. The van der Waals surface area contributed by atoms with Crippen LogP contribution in [0.4, 0.5) is 9.18 Å². The smallest absolute Gasteiger partial charge is 0.315 e. The van der Waals surface area contributed by atoms with Crippen molar-refractivity contribution in [1.82, 2.24) is 10.6 Å². The Morgan fingerprint density at radius 1 is 1.04 bits per heavy atom. The van der Waals surface area contributed by atoms with Crippen molar-refractivity contribution in [3.05, 3.63) is 59.9 Å². The van der Waals surface area contributed by atoms with Crippen molar-refractivity contribution in [3.8, 4) is 11.5 Å². The van der Waals surface area contributed by atoms with Crippen LogP contribution in [0, 0.1) is 5.82 Å². The molecule has 2 rings (SSSR count). The van der Waals surface area contributed by atoms with Crippen LogP contribution in [0.15, 0.2) is 48.5 Å². The molecular formula is C19H23FN2O3. The zero-order valence-corrected chi connectivity index (χ0v) is 14.6. The summed E-state index contributed by atoms with van der Waals surface area (Å²) >= 11 is 0. The van der Waals surface area contributed by atoms with Crippen molar-refractivity contribution in [1.29, 1.82) is 0 Å². The number of rotatable bonds is 7. The minimum Gasteiger partial charge on any atom is -0.497 e. The Hall–Kier alpha value is -2.76. The van der Waals surface area contributed by atoms with Crippen molar-refractivity contribution in [3.63, 3.8) is 0 Å². The van der Waals surface area contributed by atoms with Crippen molar-refractivity contribution in [2.75, 3.05) is 20.3 Å². The van der Waals surface area contributed by atoms with Crippen LogP contribution in [0.1, 0.15) is 19.4 Å². The number of carbonyl (C=O) groups is 1. The number of benzene rings is 2. The second kappa shape index (κ2) is 8.37. The largest absolute Gasteiger partial charge is 0.497 e.